The summed E-state index contributed by atoms with van der Waals surface area (Å²) in [5.41, 5.74) is 5.80. The Labute approximate surface area is 286 Å². The third-order valence-electron chi connectivity index (χ3n) is 8.67. The first-order valence-corrected chi connectivity index (χ1v) is 16.9. The third-order valence-corrected chi connectivity index (χ3v) is 8.67. The predicted molar refractivity (Wildman–Crippen MR) is 189 cm³/mol. The Bertz CT molecular complexity index is 1830. The van der Waals surface area contributed by atoms with E-state index in [1.54, 1.807) is 22.3 Å². The van der Waals surface area contributed by atoms with E-state index in [9.17, 15) is 14.4 Å². The van der Waals surface area contributed by atoms with Gasteiger partial charge < -0.3 is 20.3 Å². The molecular weight excluding hydrogens is 618 g/mol. The fourth-order valence-corrected chi connectivity index (χ4v) is 6.15. The number of amides is 4. The Hall–Kier alpha value is -5.32. The lowest BCUT2D eigenvalue weighted by Crippen LogP contribution is -2.38. The molecular formula is C38H43N7O4. The largest absolute Gasteiger partial charge is 0.444 e. The van der Waals surface area contributed by atoms with Gasteiger partial charge in [0.05, 0.1) is 17.1 Å². The zero-order chi connectivity index (χ0) is 34.4. The molecule has 2 aromatic heterocycles. The fraction of sp³-hybridized carbons (Fsp3) is 0.368. The van der Waals surface area contributed by atoms with Gasteiger partial charge in [-0.05, 0) is 86.2 Å². The van der Waals surface area contributed by atoms with Crippen LogP contribution < -0.4 is 10.6 Å². The van der Waals surface area contributed by atoms with Crippen molar-refractivity contribution in [3.63, 3.8) is 0 Å². The van der Waals surface area contributed by atoms with Crippen molar-refractivity contribution in [3.8, 4) is 0 Å². The van der Waals surface area contributed by atoms with Crippen LogP contribution in [0.4, 0.5) is 15.3 Å². The van der Waals surface area contributed by atoms with E-state index < -0.39 is 17.6 Å². The van der Waals surface area contributed by atoms with Crippen LogP contribution in [-0.4, -0.2) is 62.3 Å². The van der Waals surface area contributed by atoms with E-state index in [0.29, 0.717) is 38.3 Å². The van der Waals surface area contributed by atoms with E-state index in [1.165, 1.54) is 0 Å². The number of ether oxygens (including phenoxy) is 1. The van der Waals surface area contributed by atoms with Crippen LogP contribution in [0.3, 0.4) is 0 Å². The van der Waals surface area contributed by atoms with E-state index in [0.717, 1.165) is 64.6 Å². The van der Waals surface area contributed by atoms with Gasteiger partial charge in [-0.25, -0.2) is 14.6 Å². The molecule has 49 heavy (non-hydrogen) atoms. The summed E-state index contributed by atoms with van der Waals surface area (Å²) in [6.45, 7) is 7.63. The summed E-state index contributed by atoms with van der Waals surface area (Å²) in [5.74, 6) is -0.432. The van der Waals surface area contributed by atoms with Gasteiger partial charge in [-0.2, -0.15) is 5.10 Å². The average molecular weight is 662 g/mol. The Balaban J connectivity index is 1.11. The molecule has 254 valence electrons. The first-order valence-electron chi connectivity index (χ1n) is 16.9. The summed E-state index contributed by atoms with van der Waals surface area (Å²) in [6, 6.07) is 19.4. The number of urea groups is 1. The van der Waals surface area contributed by atoms with Crippen LogP contribution in [0.2, 0.25) is 0 Å². The van der Waals surface area contributed by atoms with Gasteiger partial charge in [0.2, 0.25) is 0 Å². The van der Waals surface area contributed by atoms with Crippen molar-refractivity contribution < 1.29 is 19.1 Å². The Morgan fingerprint density at radius 3 is 2.53 bits per heavy atom. The highest BCUT2D eigenvalue weighted by Crippen LogP contribution is 2.31. The maximum Gasteiger partial charge on any atom is 0.407 e. The topological polar surface area (TPSA) is 129 Å². The molecule has 11 nitrogen and oxygen atoms in total. The number of fused-ring (bicyclic) bond motifs is 2. The van der Waals surface area contributed by atoms with Crippen LogP contribution in [0.25, 0.3) is 10.9 Å². The number of carbonyl (C=O) groups excluding carboxylic acids is 3. The monoisotopic (exact) mass is 661 g/mol. The first-order chi connectivity index (χ1) is 23.6. The summed E-state index contributed by atoms with van der Waals surface area (Å²) in [4.78, 5) is 49.2. The first kappa shape index (κ1) is 33.6. The second kappa shape index (κ2) is 14.8. The molecule has 4 heterocycles. The van der Waals surface area contributed by atoms with E-state index in [1.807, 2.05) is 87.6 Å². The molecule has 0 radical (unpaired) electrons. The fourth-order valence-electron chi connectivity index (χ4n) is 6.15. The molecule has 2 N–H and O–H groups in total. The predicted octanol–water partition coefficient (Wildman–Crippen LogP) is 6.98. The number of hydrogen-bond acceptors (Lipinski definition) is 7. The van der Waals surface area contributed by atoms with Crippen molar-refractivity contribution in [1.29, 1.82) is 0 Å². The highest BCUT2D eigenvalue weighted by atomic mass is 16.6. The summed E-state index contributed by atoms with van der Waals surface area (Å²) in [7, 11) is 0. The van der Waals surface area contributed by atoms with E-state index >= 15 is 0 Å². The van der Waals surface area contributed by atoms with Gasteiger partial charge in [-0.15, -0.1) is 0 Å². The number of rotatable bonds is 10. The summed E-state index contributed by atoms with van der Waals surface area (Å²) < 4.78 is 5.29. The number of unbranched alkanes of at least 4 members (excludes halogenated alkanes) is 3. The van der Waals surface area contributed by atoms with Crippen molar-refractivity contribution in [3.05, 3.63) is 102 Å². The van der Waals surface area contributed by atoms with Gasteiger partial charge in [0.1, 0.15) is 5.60 Å². The molecule has 0 aliphatic carbocycles. The molecule has 2 aliphatic heterocycles. The smallest absolute Gasteiger partial charge is 0.407 e. The molecule has 0 saturated heterocycles. The summed E-state index contributed by atoms with van der Waals surface area (Å²) in [5, 5.41) is 13.3. The Morgan fingerprint density at radius 1 is 0.939 bits per heavy atom. The number of benzene rings is 2. The molecule has 0 saturated carbocycles. The number of anilines is 1. The summed E-state index contributed by atoms with van der Waals surface area (Å²) in [6.07, 6.45) is 8.76. The molecule has 0 bridgehead atoms. The molecule has 2 aromatic carbocycles. The second-order valence-corrected chi connectivity index (χ2v) is 13.6. The average Bonchev–Trinajstić information content (AvgIpc) is 3.53. The minimum absolute atomic E-state index is 0.0312. The maximum atomic E-state index is 13.9. The SMILES string of the molecule is CC(C)(C)OC(=O)NCCCCCCN1N=C(c2ccc(NC(=O)N3Cc4ccncc4C3)cc2)CC(c2ccc3cccnc3c2)C1=O. The minimum Gasteiger partial charge on any atom is -0.444 e. The normalized spacial score (nSPS) is 15.9. The number of aromatic nitrogens is 2. The van der Waals surface area contributed by atoms with Crippen molar-refractivity contribution in [2.24, 2.45) is 5.10 Å². The number of alkyl carbamates (subject to hydrolysis) is 1. The quantitative estimate of drug-likeness (QED) is 0.177. The van der Waals surface area contributed by atoms with Gasteiger partial charge in [0.15, 0.2) is 0 Å². The van der Waals surface area contributed by atoms with Crippen LogP contribution in [0.15, 0.2) is 84.4 Å². The molecule has 6 rings (SSSR count). The molecule has 1 unspecified atom stereocenters. The Morgan fingerprint density at radius 2 is 1.73 bits per heavy atom. The van der Waals surface area contributed by atoms with E-state index in [4.69, 9.17) is 9.84 Å². The van der Waals surface area contributed by atoms with Crippen LogP contribution in [0, 0.1) is 0 Å². The number of hydrazone groups is 1. The zero-order valence-electron chi connectivity index (χ0n) is 28.3. The number of pyridine rings is 2. The van der Waals surface area contributed by atoms with Crippen LogP contribution in [0.5, 0.6) is 0 Å². The van der Waals surface area contributed by atoms with Crippen LogP contribution in [-0.2, 0) is 22.6 Å². The number of carbonyl (C=O) groups is 3. The highest BCUT2D eigenvalue weighted by Gasteiger charge is 2.33. The molecule has 11 heteroatoms. The molecule has 1 atom stereocenters. The maximum absolute atomic E-state index is 13.9. The lowest BCUT2D eigenvalue weighted by molar-refractivity contribution is -0.133. The van der Waals surface area contributed by atoms with Crippen LogP contribution in [0.1, 0.15) is 81.0 Å². The van der Waals surface area contributed by atoms with Gasteiger partial charge >= 0.3 is 12.1 Å². The molecule has 4 aromatic rings. The highest BCUT2D eigenvalue weighted by molar-refractivity contribution is 6.06. The zero-order valence-corrected chi connectivity index (χ0v) is 28.3. The van der Waals surface area contributed by atoms with Crippen molar-refractivity contribution in [2.45, 2.75) is 77.5 Å². The van der Waals surface area contributed by atoms with Crippen molar-refractivity contribution in [2.75, 3.05) is 18.4 Å². The van der Waals surface area contributed by atoms with Gasteiger partial charge in [0.25, 0.3) is 5.91 Å². The van der Waals surface area contributed by atoms with Gasteiger partial charge in [-0.3, -0.25) is 14.8 Å². The van der Waals surface area contributed by atoms with Crippen molar-refractivity contribution >= 4 is 40.3 Å². The standard InChI is InChI=1S/C38H43N7O4/c1-38(2,3)49-37(48)41-17-6-4-5-7-20-45-35(46)32(28-11-10-26-9-8-18-40-33(26)21-28)22-34(43-45)27-12-14-31(15-13-27)42-36(47)44-24-29-16-19-39-23-30(29)25-44/h8-16,18-19,21,23,32H,4-7,17,20,22,24-25H2,1-3H3,(H,41,48)(H,42,47). The lowest BCUT2D eigenvalue weighted by atomic mass is 9.88. The van der Waals surface area contributed by atoms with E-state index in [-0.39, 0.29) is 11.9 Å². The molecule has 0 spiro atoms. The van der Waals surface area contributed by atoms with Crippen molar-refractivity contribution in [1.82, 2.24) is 25.2 Å². The molecule has 0 fully saturated rings. The molecule has 4 amide bonds. The minimum atomic E-state index is -0.525. The number of nitrogens with one attached hydrogen (secondary N) is 2. The van der Waals surface area contributed by atoms with Gasteiger partial charge in [0, 0.05) is 62.3 Å². The van der Waals surface area contributed by atoms with Crippen LogP contribution >= 0.6 is 0 Å². The molecule has 2 aliphatic rings. The second-order valence-electron chi connectivity index (χ2n) is 13.6. The number of hydrogen-bond donors (Lipinski definition) is 2. The Kier molecular flexibility index (Phi) is 10.2. The third kappa shape index (κ3) is 8.59. The summed E-state index contributed by atoms with van der Waals surface area (Å²) >= 11 is 0. The van der Waals surface area contributed by atoms with E-state index in [2.05, 4.69) is 20.6 Å². The number of nitrogens with zero attached hydrogens (tertiary/aromatic N) is 5. The lowest BCUT2D eigenvalue weighted by Gasteiger charge is -2.30. The van der Waals surface area contributed by atoms with Gasteiger partial charge in [-0.1, -0.05) is 43.2 Å².